The molecule has 1 aromatic heterocycles. The minimum absolute atomic E-state index is 0.199. The molecule has 1 heterocycles. The van der Waals surface area contributed by atoms with E-state index < -0.39 is 10.0 Å². The highest BCUT2D eigenvalue weighted by molar-refractivity contribution is 7.89. The molecule has 124 valence electrons. The molecule has 0 amide bonds. The number of nitrogens with one attached hydrogen (secondary N) is 1. The third-order valence-corrected chi connectivity index (χ3v) is 5.18. The van der Waals surface area contributed by atoms with Crippen molar-refractivity contribution in [1.29, 1.82) is 0 Å². The van der Waals surface area contributed by atoms with Crippen molar-refractivity contribution in [3.63, 3.8) is 0 Å². The van der Waals surface area contributed by atoms with Gasteiger partial charge in [0.15, 0.2) is 0 Å². The molecule has 0 atom stereocenters. The molecule has 0 bridgehead atoms. The minimum Gasteiger partial charge on any atom is -0.241 e. The van der Waals surface area contributed by atoms with Gasteiger partial charge in [-0.1, -0.05) is 37.3 Å². The quantitative estimate of drug-likeness (QED) is 0.750. The summed E-state index contributed by atoms with van der Waals surface area (Å²) in [5.41, 5.74) is 2.84. The first-order valence-electron chi connectivity index (χ1n) is 7.76. The zero-order chi connectivity index (χ0) is 17.0. The van der Waals surface area contributed by atoms with E-state index in [0.717, 1.165) is 23.2 Å². The molecular weight excluding hydrogens is 322 g/mol. The van der Waals surface area contributed by atoms with E-state index in [9.17, 15) is 8.42 Å². The number of hydrogen-bond acceptors (Lipinski definition) is 3. The van der Waals surface area contributed by atoms with E-state index in [1.54, 1.807) is 23.0 Å². The Labute approximate surface area is 142 Å². The molecule has 24 heavy (non-hydrogen) atoms. The van der Waals surface area contributed by atoms with Gasteiger partial charge in [0.25, 0.3) is 0 Å². The standard InChI is InChI=1S/C18H19N3O2S/c1-2-15-8-10-18(11-9-15)24(22,23)20-13-16-12-19-21(14-16)17-6-4-3-5-7-17/h3-12,14,20H,2,13H2,1H3. The molecule has 0 unspecified atom stereocenters. The first-order chi connectivity index (χ1) is 11.6. The third kappa shape index (κ3) is 3.72. The molecular formula is C18H19N3O2S. The molecule has 0 radical (unpaired) electrons. The van der Waals surface area contributed by atoms with Gasteiger partial charge >= 0.3 is 0 Å². The lowest BCUT2D eigenvalue weighted by atomic mass is 10.2. The molecule has 3 rings (SSSR count). The normalized spacial score (nSPS) is 11.5. The lowest BCUT2D eigenvalue weighted by molar-refractivity contribution is 0.581. The molecule has 0 aliphatic rings. The highest BCUT2D eigenvalue weighted by Gasteiger charge is 2.14. The average molecular weight is 341 g/mol. The van der Waals surface area contributed by atoms with Crippen LogP contribution in [0.4, 0.5) is 0 Å². The highest BCUT2D eigenvalue weighted by Crippen LogP contribution is 2.12. The van der Waals surface area contributed by atoms with Crippen LogP contribution in [0.3, 0.4) is 0 Å². The van der Waals surface area contributed by atoms with Crippen molar-refractivity contribution < 1.29 is 8.42 Å². The summed E-state index contributed by atoms with van der Waals surface area (Å²) in [6, 6.07) is 16.6. The Morgan fingerprint density at radius 3 is 2.38 bits per heavy atom. The van der Waals surface area contributed by atoms with Gasteiger partial charge in [-0.15, -0.1) is 0 Å². The second-order valence-electron chi connectivity index (χ2n) is 5.45. The predicted molar refractivity (Wildman–Crippen MR) is 93.4 cm³/mol. The molecule has 3 aromatic rings. The van der Waals surface area contributed by atoms with Crippen LogP contribution in [0.25, 0.3) is 5.69 Å². The molecule has 6 heteroatoms. The Hall–Kier alpha value is -2.44. The zero-order valence-electron chi connectivity index (χ0n) is 13.4. The third-order valence-electron chi connectivity index (χ3n) is 3.77. The monoisotopic (exact) mass is 341 g/mol. The number of para-hydroxylation sites is 1. The van der Waals surface area contributed by atoms with Crippen LogP contribution in [-0.2, 0) is 23.0 Å². The van der Waals surface area contributed by atoms with Crippen LogP contribution < -0.4 is 4.72 Å². The number of aryl methyl sites for hydroxylation is 1. The van der Waals surface area contributed by atoms with E-state index in [4.69, 9.17) is 0 Å². The number of rotatable bonds is 6. The number of sulfonamides is 1. The average Bonchev–Trinajstić information content (AvgIpc) is 3.10. The first kappa shape index (κ1) is 16.4. The fourth-order valence-corrected chi connectivity index (χ4v) is 3.36. The van der Waals surface area contributed by atoms with Crippen LogP contribution in [0.5, 0.6) is 0 Å². The van der Waals surface area contributed by atoms with Crippen LogP contribution in [-0.4, -0.2) is 18.2 Å². The maximum Gasteiger partial charge on any atom is 0.240 e. The van der Waals surface area contributed by atoms with Gasteiger partial charge in [-0.2, -0.15) is 5.10 Å². The summed E-state index contributed by atoms with van der Waals surface area (Å²) in [4.78, 5) is 0.273. The summed E-state index contributed by atoms with van der Waals surface area (Å²) in [5.74, 6) is 0. The van der Waals surface area contributed by atoms with Crippen molar-refractivity contribution in [3.05, 3.63) is 78.1 Å². The van der Waals surface area contributed by atoms with Crippen molar-refractivity contribution in [2.45, 2.75) is 24.8 Å². The predicted octanol–water partition coefficient (Wildman–Crippen LogP) is 2.91. The van der Waals surface area contributed by atoms with Gasteiger partial charge in [0.05, 0.1) is 16.8 Å². The second kappa shape index (κ2) is 6.98. The Morgan fingerprint density at radius 2 is 1.71 bits per heavy atom. The van der Waals surface area contributed by atoms with E-state index in [1.807, 2.05) is 55.6 Å². The Kier molecular flexibility index (Phi) is 4.78. The van der Waals surface area contributed by atoms with Gasteiger partial charge in [0.1, 0.15) is 0 Å². The highest BCUT2D eigenvalue weighted by atomic mass is 32.2. The van der Waals surface area contributed by atoms with Crippen molar-refractivity contribution in [3.8, 4) is 5.69 Å². The lowest BCUT2D eigenvalue weighted by Crippen LogP contribution is -2.23. The van der Waals surface area contributed by atoms with E-state index in [1.165, 1.54) is 0 Å². The van der Waals surface area contributed by atoms with Gasteiger partial charge in [-0.05, 0) is 36.2 Å². The smallest absolute Gasteiger partial charge is 0.240 e. The topological polar surface area (TPSA) is 64.0 Å². The molecule has 0 saturated heterocycles. The number of aromatic nitrogens is 2. The van der Waals surface area contributed by atoms with E-state index in [-0.39, 0.29) is 11.4 Å². The molecule has 5 nitrogen and oxygen atoms in total. The second-order valence-corrected chi connectivity index (χ2v) is 7.22. The fraction of sp³-hybridized carbons (Fsp3) is 0.167. The minimum atomic E-state index is -3.53. The number of hydrogen-bond donors (Lipinski definition) is 1. The molecule has 0 saturated carbocycles. The molecule has 2 aromatic carbocycles. The molecule has 0 aliphatic carbocycles. The largest absolute Gasteiger partial charge is 0.241 e. The molecule has 0 aliphatic heterocycles. The summed E-state index contributed by atoms with van der Waals surface area (Å²) in [6.07, 6.45) is 4.36. The van der Waals surface area contributed by atoms with Gasteiger partial charge in [0, 0.05) is 18.3 Å². The summed E-state index contributed by atoms with van der Waals surface area (Å²) < 4.78 is 29.0. The van der Waals surface area contributed by atoms with Crippen molar-refractivity contribution >= 4 is 10.0 Å². The van der Waals surface area contributed by atoms with Gasteiger partial charge in [0.2, 0.25) is 10.0 Å². The Bertz CT molecular complexity index is 901. The van der Waals surface area contributed by atoms with Gasteiger partial charge < -0.3 is 0 Å². The van der Waals surface area contributed by atoms with Crippen molar-refractivity contribution in [2.75, 3.05) is 0 Å². The summed E-state index contributed by atoms with van der Waals surface area (Å²) in [7, 11) is -3.53. The lowest BCUT2D eigenvalue weighted by Gasteiger charge is -2.06. The van der Waals surface area contributed by atoms with E-state index in [0.29, 0.717) is 0 Å². The van der Waals surface area contributed by atoms with Crippen molar-refractivity contribution in [2.24, 2.45) is 0 Å². The Balaban J connectivity index is 1.69. The van der Waals surface area contributed by atoms with E-state index in [2.05, 4.69) is 9.82 Å². The van der Waals surface area contributed by atoms with Crippen LogP contribution in [0.15, 0.2) is 71.9 Å². The first-order valence-corrected chi connectivity index (χ1v) is 9.24. The van der Waals surface area contributed by atoms with Crippen LogP contribution in [0.1, 0.15) is 18.1 Å². The van der Waals surface area contributed by atoms with Gasteiger partial charge in [-0.3, -0.25) is 0 Å². The maximum absolute atomic E-state index is 12.3. The molecule has 1 N–H and O–H groups in total. The van der Waals surface area contributed by atoms with Gasteiger partial charge in [-0.25, -0.2) is 17.8 Å². The van der Waals surface area contributed by atoms with Crippen LogP contribution in [0, 0.1) is 0 Å². The molecule has 0 fully saturated rings. The van der Waals surface area contributed by atoms with Crippen LogP contribution >= 0.6 is 0 Å². The summed E-state index contributed by atoms with van der Waals surface area (Å²) >= 11 is 0. The number of nitrogens with zero attached hydrogens (tertiary/aromatic N) is 2. The Morgan fingerprint density at radius 1 is 1.00 bits per heavy atom. The summed E-state index contributed by atoms with van der Waals surface area (Å²) in [5, 5.41) is 4.26. The van der Waals surface area contributed by atoms with E-state index >= 15 is 0 Å². The fourth-order valence-electron chi connectivity index (χ4n) is 2.34. The van der Waals surface area contributed by atoms with Crippen LogP contribution in [0.2, 0.25) is 0 Å². The molecule has 0 spiro atoms. The number of benzene rings is 2. The van der Waals surface area contributed by atoms with Crippen molar-refractivity contribution in [1.82, 2.24) is 14.5 Å². The maximum atomic E-state index is 12.3. The summed E-state index contributed by atoms with van der Waals surface area (Å²) in [6.45, 7) is 2.23. The SMILES string of the molecule is CCc1ccc(S(=O)(=O)NCc2cnn(-c3ccccc3)c2)cc1. The zero-order valence-corrected chi connectivity index (χ0v) is 14.2.